The van der Waals surface area contributed by atoms with Crippen LogP contribution in [0.25, 0.3) is 11.3 Å². The third-order valence-electron chi connectivity index (χ3n) is 4.56. The number of ether oxygens (including phenoxy) is 1. The SMILES string of the molecule is COc1ccc(NC(=O)Cn2c(C)cc(-c3csc(C)n3)c2C)cc1NC(C)=O. The fraction of sp³-hybridized carbons (Fsp3) is 0.286. The molecule has 29 heavy (non-hydrogen) atoms. The third-order valence-corrected chi connectivity index (χ3v) is 5.34. The second-order valence-corrected chi connectivity index (χ2v) is 7.83. The summed E-state index contributed by atoms with van der Waals surface area (Å²) < 4.78 is 7.21. The van der Waals surface area contributed by atoms with Crippen molar-refractivity contribution >= 4 is 34.5 Å². The number of carbonyl (C=O) groups excluding carboxylic acids is 2. The molecule has 7 nitrogen and oxygen atoms in total. The van der Waals surface area contributed by atoms with E-state index in [1.807, 2.05) is 30.7 Å². The van der Waals surface area contributed by atoms with Crippen LogP contribution in [0.2, 0.25) is 0 Å². The van der Waals surface area contributed by atoms with Gasteiger partial charge < -0.3 is 19.9 Å². The largest absolute Gasteiger partial charge is 0.495 e. The molecule has 3 rings (SSSR count). The van der Waals surface area contributed by atoms with E-state index in [0.717, 1.165) is 27.7 Å². The molecule has 2 heterocycles. The zero-order valence-electron chi connectivity index (χ0n) is 17.1. The van der Waals surface area contributed by atoms with Gasteiger partial charge in [-0.2, -0.15) is 0 Å². The molecular weight excluding hydrogens is 388 g/mol. The predicted molar refractivity (Wildman–Crippen MR) is 116 cm³/mol. The lowest BCUT2D eigenvalue weighted by Crippen LogP contribution is -2.20. The number of hydrogen-bond donors (Lipinski definition) is 2. The molecule has 0 spiro atoms. The summed E-state index contributed by atoms with van der Waals surface area (Å²) >= 11 is 1.61. The van der Waals surface area contributed by atoms with Crippen molar-refractivity contribution in [3.8, 4) is 17.0 Å². The first-order valence-corrected chi connectivity index (χ1v) is 10.0. The molecule has 0 bridgehead atoms. The van der Waals surface area contributed by atoms with Gasteiger partial charge in [-0.05, 0) is 45.0 Å². The van der Waals surface area contributed by atoms with Crippen LogP contribution < -0.4 is 15.4 Å². The molecule has 0 fully saturated rings. The average Bonchev–Trinajstić information content (AvgIpc) is 3.19. The van der Waals surface area contributed by atoms with E-state index < -0.39 is 0 Å². The molecule has 8 heteroatoms. The van der Waals surface area contributed by atoms with Crippen molar-refractivity contribution in [1.29, 1.82) is 0 Å². The van der Waals surface area contributed by atoms with Crippen molar-refractivity contribution in [3.05, 3.63) is 46.0 Å². The first-order chi connectivity index (χ1) is 13.8. The molecule has 0 radical (unpaired) electrons. The van der Waals surface area contributed by atoms with Gasteiger partial charge in [0.1, 0.15) is 12.3 Å². The lowest BCUT2D eigenvalue weighted by Gasteiger charge is -2.13. The van der Waals surface area contributed by atoms with Crippen molar-refractivity contribution < 1.29 is 14.3 Å². The quantitative estimate of drug-likeness (QED) is 0.637. The number of nitrogens with zero attached hydrogens (tertiary/aromatic N) is 2. The maximum atomic E-state index is 12.7. The summed E-state index contributed by atoms with van der Waals surface area (Å²) in [6.07, 6.45) is 0. The van der Waals surface area contributed by atoms with Crippen LogP contribution in [0.5, 0.6) is 5.75 Å². The second kappa shape index (κ2) is 8.48. The lowest BCUT2D eigenvalue weighted by molar-refractivity contribution is -0.117. The van der Waals surface area contributed by atoms with Crippen molar-refractivity contribution in [2.45, 2.75) is 34.2 Å². The Morgan fingerprint density at radius 1 is 1.17 bits per heavy atom. The van der Waals surface area contributed by atoms with Gasteiger partial charge in [-0.25, -0.2) is 4.98 Å². The monoisotopic (exact) mass is 412 g/mol. The van der Waals surface area contributed by atoms with Gasteiger partial charge in [0.2, 0.25) is 11.8 Å². The van der Waals surface area contributed by atoms with Crippen LogP contribution in [-0.4, -0.2) is 28.5 Å². The van der Waals surface area contributed by atoms with Crippen molar-refractivity contribution in [3.63, 3.8) is 0 Å². The van der Waals surface area contributed by atoms with Crippen LogP contribution >= 0.6 is 11.3 Å². The van der Waals surface area contributed by atoms with Gasteiger partial charge >= 0.3 is 0 Å². The third kappa shape index (κ3) is 4.65. The highest BCUT2D eigenvalue weighted by atomic mass is 32.1. The first-order valence-electron chi connectivity index (χ1n) is 9.13. The number of rotatable bonds is 6. The Bertz CT molecular complexity index is 1070. The Morgan fingerprint density at radius 3 is 2.55 bits per heavy atom. The number of thiazole rings is 1. The summed E-state index contributed by atoms with van der Waals surface area (Å²) in [5.74, 6) is 0.153. The molecule has 2 aromatic heterocycles. The zero-order chi connectivity index (χ0) is 21.1. The molecular formula is C21H24N4O3S. The number of aryl methyl sites for hydroxylation is 2. The Kier molecular flexibility index (Phi) is 6.03. The number of methoxy groups -OCH3 is 1. The number of anilines is 2. The summed E-state index contributed by atoms with van der Waals surface area (Å²) in [7, 11) is 1.53. The topological polar surface area (TPSA) is 85.2 Å². The minimum atomic E-state index is -0.213. The number of aromatic nitrogens is 2. The molecule has 2 amide bonds. The Labute approximate surface area is 173 Å². The molecule has 0 aliphatic carbocycles. The van der Waals surface area contributed by atoms with Gasteiger partial charge in [0.05, 0.1) is 23.5 Å². The van der Waals surface area contributed by atoms with Crippen LogP contribution in [0.4, 0.5) is 11.4 Å². The molecule has 152 valence electrons. The number of benzene rings is 1. The average molecular weight is 413 g/mol. The standard InChI is InChI=1S/C21H24N4O3S/c1-12-8-17(19-11-29-15(4)23-19)13(2)25(12)10-21(27)24-16-6-7-20(28-5)18(9-16)22-14(3)26/h6-9,11H,10H2,1-5H3,(H,22,26)(H,24,27). The normalized spacial score (nSPS) is 10.7. The van der Waals surface area contributed by atoms with Gasteiger partial charge in [-0.3, -0.25) is 9.59 Å². The predicted octanol–water partition coefficient (Wildman–Crippen LogP) is 4.14. The maximum Gasteiger partial charge on any atom is 0.244 e. The molecule has 1 aromatic carbocycles. The Balaban J connectivity index is 1.78. The van der Waals surface area contributed by atoms with E-state index in [0.29, 0.717) is 17.1 Å². The highest BCUT2D eigenvalue weighted by molar-refractivity contribution is 7.09. The van der Waals surface area contributed by atoms with Crippen molar-refractivity contribution in [2.24, 2.45) is 0 Å². The second-order valence-electron chi connectivity index (χ2n) is 6.77. The Hall–Kier alpha value is -3.13. The van der Waals surface area contributed by atoms with E-state index in [9.17, 15) is 9.59 Å². The zero-order valence-corrected chi connectivity index (χ0v) is 17.9. The van der Waals surface area contributed by atoms with Crippen LogP contribution in [-0.2, 0) is 16.1 Å². The first kappa shape index (κ1) is 20.6. The fourth-order valence-corrected chi connectivity index (χ4v) is 3.82. The van der Waals surface area contributed by atoms with Crippen LogP contribution in [0.15, 0.2) is 29.6 Å². The molecule has 0 atom stereocenters. The van der Waals surface area contributed by atoms with Gasteiger partial charge in [-0.15, -0.1) is 11.3 Å². The van der Waals surface area contributed by atoms with E-state index in [1.165, 1.54) is 14.0 Å². The lowest BCUT2D eigenvalue weighted by atomic mass is 10.2. The molecule has 3 aromatic rings. The summed E-state index contributed by atoms with van der Waals surface area (Å²) in [6.45, 7) is 7.55. The Morgan fingerprint density at radius 2 is 1.93 bits per heavy atom. The van der Waals surface area contributed by atoms with Crippen LogP contribution in [0.3, 0.4) is 0 Å². The van der Waals surface area contributed by atoms with Crippen molar-refractivity contribution in [1.82, 2.24) is 9.55 Å². The fourth-order valence-electron chi connectivity index (χ4n) is 3.21. The molecule has 2 N–H and O–H groups in total. The minimum Gasteiger partial charge on any atom is -0.495 e. The van der Waals surface area contributed by atoms with Crippen LogP contribution in [0.1, 0.15) is 23.3 Å². The summed E-state index contributed by atoms with van der Waals surface area (Å²) in [6, 6.07) is 7.17. The number of nitrogens with one attached hydrogen (secondary N) is 2. The van der Waals surface area contributed by atoms with Crippen LogP contribution in [0, 0.1) is 20.8 Å². The molecule has 0 saturated heterocycles. The summed E-state index contributed by atoms with van der Waals surface area (Å²) in [5, 5.41) is 8.63. The van der Waals surface area contributed by atoms with Gasteiger partial charge in [-0.1, -0.05) is 0 Å². The summed E-state index contributed by atoms with van der Waals surface area (Å²) in [4.78, 5) is 28.6. The highest BCUT2D eigenvalue weighted by Crippen LogP contribution is 2.29. The van der Waals surface area contributed by atoms with Gasteiger partial charge in [0.25, 0.3) is 0 Å². The molecule has 0 aliphatic rings. The highest BCUT2D eigenvalue weighted by Gasteiger charge is 2.16. The van der Waals surface area contributed by atoms with Crippen molar-refractivity contribution in [2.75, 3.05) is 17.7 Å². The number of hydrogen-bond acceptors (Lipinski definition) is 5. The smallest absolute Gasteiger partial charge is 0.244 e. The number of carbonyl (C=O) groups is 2. The van der Waals surface area contributed by atoms with E-state index in [-0.39, 0.29) is 18.4 Å². The molecule has 0 saturated carbocycles. The van der Waals surface area contributed by atoms with E-state index in [4.69, 9.17) is 4.74 Å². The minimum absolute atomic E-state index is 0.160. The van der Waals surface area contributed by atoms with E-state index in [2.05, 4.69) is 21.7 Å². The van der Waals surface area contributed by atoms with Gasteiger partial charge in [0, 0.05) is 34.9 Å². The maximum absolute atomic E-state index is 12.7. The van der Waals surface area contributed by atoms with Gasteiger partial charge in [0.15, 0.2) is 0 Å². The van der Waals surface area contributed by atoms with E-state index in [1.54, 1.807) is 29.5 Å². The summed E-state index contributed by atoms with van der Waals surface area (Å²) in [5.41, 5.74) is 5.05. The molecule has 0 aliphatic heterocycles. The van der Waals surface area contributed by atoms with E-state index >= 15 is 0 Å². The molecule has 0 unspecified atom stereocenters. The number of amides is 2.